The summed E-state index contributed by atoms with van der Waals surface area (Å²) in [6.45, 7) is 3.35. The summed E-state index contributed by atoms with van der Waals surface area (Å²) in [5.74, 6) is 1.51. The molecule has 6 nitrogen and oxygen atoms in total. The van der Waals surface area contributed by atoms with Gasteiger partial charge in [0.1, 0.15) is 11.6 Å². The van der Waals surface area contributed by atoms with Gasteiger partial charge in [-0.25, -0.2) is 9.97 Å². The zero-order valence-electron chi connectivity index (χ0n) is 11.3. The van der Waals surface area contributed by atoms with Crippen molar-refractivity contribution in [3.63, 3.8) is 0 Å². The number of H-pyrrole nitrogens is 1. The number of hydrogen-bond donors (Lipinski definition) is 1. The van der Waals surface area contributed by atoms with E-state index in [0.717, 1.165) is 31.7 Å². The van der Waals surface area contributed by atoms with Crippen LogP contribution in [0.15, 0.2) is 17.1 Å². The molecular weight excluding hydrogens is 254 g/mol. The van der Waals surface area contributed by atoms with Crippen molar-refractivity contribution in [3.8, 4) is 6.07 Å². The quantitative estimate of drug-likeness (QED) is 0.845. The fraction of sp³-hybridized carbons (Fsp3) is 0.429. The highest BCUT2D eigenvalue weighted by Gasteiger charge is 2.20. The number of piperidine rings is 1. The van der Waals surface area contributed by atoms with E-state index in [1.165, 1.54) is 0 Å². The van der Waals surface area contributed by atoms with Crippen LogP contribution in [0, 0.1) is 24.2 Å². The summed E-state index contributed by atoms with van der Waals surface area (Å²) in [6, 6.07) is 4.09. The molecule has 1 aliphatic rings. The number of anilines is 1. The molecule has 20 heavy (non-hydrogen) atoms. The molecule has 0 atom stereocenters. The maximum Gasteiger partial charge on any atom is 0.258 e. The van der Waals surface area contributed by atoms with Crippen LogP contribution in [0.25, 0.3) is 10.9 Å². The lowest BCUT2D eigenvalue weighted by Crippen LogP contribution is -2.33. The minimum Gasteiger partial charge on any atom is -0.357 e. The van der Waals surface area contributed by atoms with Gasteiger partial charge in [0.15, 0.2) is 0 Å². The lowest BCUT2D eigenvalue weighted by atomic mass is 9.98. The highest BCUT2D eigenvalue weighted by atomic mass is 16.1. The molecule has 0 bridgehead atoms. The van der Waals surface area contributed by atoms with E-state index in [9.17, 15) is 4.79 Å². The third-order valence-electron chi connectivity index (χ3n) is 3.70. The number of fused-ring (bicyclic) bond motifs is 1. The molecule has 3 heterocycles. The second kappa shape index (κ2) is 4.93. The zero-order chi connectivity index (χ0) is 14.1. The number of aromatic nitrogens is 3. The number of aromatic amines is 1. The van der Waals surface area contributed by atoms with E-state index in [-0.39, 0.29) is 11.5 Å². The molecular formula is C14H15N5O. The third kappa shape index (κ3) is 2.23. The number of nitriles is 1. The third-order valence-corrected chi connectivity index (χ3v) is 3.70. The average Bonchev–Trinajstić information content (AvgIpc) is 2.47. The topological polar surface area (TPSA) is 85.7 Å². The maximum atomic E-state index is 11.9. The van der Waals surface area contributed by atoms with E-state index < -0.39 is 0 Å². The molecule has 0 amide bonds. The molecule has 0 radical (unpaired) electrons. The Balaban J connectivity index is 1.94. The minimum absolute atomic E-state index is 0.136. The number of hydrogen-bond acceptors (Lipinski definition) is 5. The Kier molecular flexibility index (Phi) is 3.11. The molecule has 6 heteroatoms. The number of rotatable bonds is 1. The van der Waals surface area contributed by atoms with E-state index in [0.29, 0.717) is 16.7 Å². The van der Waals surface area contributed by atoms with Crippen molar-refractivity contribution in [2.75, 3.05) is 18.0 Å². The van der Waals surface area contributed by atoms with Crippen LogP contribution in [0.3, 0.4) is 0 Å². The maximum absolute atomic E-state index is 11.9. The molecule has 1 N–H and O–H groups in total. The lowest BCUT2D eigenvalue weighted by molar-refractivity contribution is 0.485. The molecule has 3 rings (SSSR count). The summed E-state index contributed by atoms with van der Waals surface area (Å²) >= 11 is 0. The first kappa shape index (κ1) is 12.6. The Labute approximate surface area is 116 Å². The van der Waals surface area contributed by atoms with Crippen molar-refractivity contribution in [1.82, 2.24) is 15.0 Å². The molecule has 0 aliphatic carbocycles. The van der Waals surface area contributed by atoms with Crippen LogP contribution in [0.4, 0.5) is 5.82 Å². The van der Waals surface area contributed by atoms with Crippen LogP contribution in [-0.4, -0.2) is 28.0 Å². The van der Waals surface area contributed by atoms with E-state index in [1.54, 1.807) is 19.2 Å². The van der Waals surface area contributed by atoms with Crippen LogP contribution < -0.4 is 10.5 Å². The Hall–Kier alpha value is -2.42. The van der Waals surface area contributed by atoms with Crippen LogP contribution in [0.2, 0.25) is 0 Å². The molecule has 0 unspecified atom stereocenters. The van der Waals surface area contributed by atoms with Gasteiger partial charge >= 0.3 is 0 Å². The molecule has 2 aromatic heterocycles. The zero-order valence-corrected chi connectivity index (χ0v) is 11.3. The Morgan fingerprint density at radius 2 is 2.20 bits per heavy atom. The first-order valence-corrected chi connectivity index (χ1v) is 6.68. The first-order valence-electron chi connectivity index (χ1n) is 6.68. The molecule has 1 saturated heterocycles. The fourth-order valence-corrected chi connectivity index (χ4v) is 2.56. The fourth-order valence-electron chi connectivity index (χ4n) is 2.56. The van der Waals surface area contributed by atoms with Gasteiger partial charge in [-0.1, -0.05) is 0 Å². The first-order chi connectivity index (χ1) is 9.67. The normalized spacial score (nSPS) is 16.3. The van der Waals surface area contributed by atoms with Gasteiger partial charge in [-0.3, -0.25) is 4.79 Å². The predicted octanol–water partition coefficient (Wildman–Crippen LogP) is 1.37. The van der Waals surface area contributed by atoms with E-state index >= 15 is 0 Å². The molecule has 1 fully saturated rings. The highest BCUT2D eigenvalue weighted by molar-refractivity contribution is 5.79. The minimum atomic E-state index is -0.136. The number of nitrogens with zero attached hydrogens (tertiary/aromatic N) is 4. The van der Waals surface area contributed by atoms with Crippen molar-refractivity contribution in [2.24, 2.45) is 5.92 Å². The smallest absolute Gasteiger partial charge is 0.258 e. The van der Waals surface area contributed by atoms with Gasteiger partial charge in [0.25, 0.3) is 5.56 Å². The van der Waals surface area contributed by atoms with Crippen LogP contribution in [0.5, 0.6) is 0 Å². The van der Waals surface area contributed by atoms with Crippen LogP contribution in [0.1, 0.15) is 18.7 Å². The monoisotopic (exact) mass is 269 g/mol. The standard InChI is InChI=1S/C14H15N5O/c1-9-17-12-8-16-13(6-11(12)14(20)18-9)19-4-2-10(7-15)3-5-19/h6,8,10H,2-5H2,1H3,(H,17,18,20). The summed E-state index contributed by atoms with van der Waals surface area (Å²) < 4.78 is 0. The van der Waals surface area contributed by atoms with Gasteiger partial charge in [-0.05, 0) is 25.8 Å². The van der Waals surface area contributed by atoms with Gasteiger partial charge in [0.2, 0.25) is 0 Å². The van der Waals surface area contributed by atoms with Gasteiger partial charge in [-0.15, -0.1) is 0 Å². The summed E-state index contributed by atoms with van der Waals surface area (Å²) in [5, 5.41) is 9.47. The summed E-state index contributed by atoms with van der Waals surface area (Å²) in [5.41, 5.74) is 0.477. The number of pyridine rings is 1. The van der Waals surface area contributed by atoms with E-state index in [2.05, 4.69) is 25.9 Å². The van der Waals surface area contributed by atoms with Crippen molar-refractivity contribution in [3.05, 3.63) is 28.4 Å². The average molecular weight is 269 g/mol. The Morgan fingerprint density at radius 3 is 2.90 bits per heavy atom. The van der Waals surface area contributed by atoms with E-state index in [4.69, 9.17) is 5.26 Å². The second-order valence-electron chi connectivity index (χ2n) is 5.10. The molecule has 2 aromatic rings. The van der Waals surface area contributed by atoms with Gasteiger partial charge in [-0.2, -0.15) is 5.26 Å². The van der Waals surface area contributed by atoms with Crippen LogP contribution in [-0.2, 0) is 0 Å². The van der Waals surface area contributed by atoms with Gasteiger partial charge in [0, 0.05) is 19.0 Å². The molecule has 102 valence electrons. The van der Waals surface area contributed by atoms with Crippen molar-refractivity contribution < 1.29 is 0 Å². The largest absolute Gasteiger partial charge is 0.357 e. The SMILES string of the molecule is Cc1nc2cnc(N3CCC(C#N)CC3)cc2c(=O)[nH]1. The lowest BCUT2D eigenvalue weighted by Gasteiger charge is -2.30. The van der Waals surface area contributed by atoms with Crippen molar-refractivity contribution >= 4 is 16.7 Å². The van der Waals surface area contributed by atoms with Crippen LogP contribution >= 0.6 is 0 Å². The number of aryl methyl sites for hydroxylation is 1. The van der Waals surface area contributed by atoms with Gasteiger partial charge in [0.05, 0.1) is 23.2 Å². The predicted molar refractivity (Wildman–Crippen MR) is 75.4 cm³/mol. The van der Waals surface area contributed by atoms with Gasteiger partial charge < -0.3 is 9.88 Å². The molecule has 0 spiro atoms. The van der Waals surface area contributed by atoms with E-state index in [1.807, 2.05) is 0 Å². The summed E-state index contributed by atoms with van der Waals surface area (Å²) in [6.07, 6.45) is 3.33. The van der Waals surface area contributed by atoms with Crippen molar-refractivity contribution in [1.29, 1.82) is 5.26 Å². The molecule has 1 aliphatic heterocycles. The number of nitrogens with one attached hydrogen (secondary N) is 1. The molecule has 0 saturated carbocycles. The van der Waals surface area contributed by atoms with Crippen molar-refractivity contribution in [2.45, 2.75) is 19.8 Å². The summed E-state index contributed by atoms with van der Waals surface area (Å²) in [7, 11) is 0. The highest BCUT2D eigenvalue weighted by Crippen LogP contribution is 2.22. The Morgan fingerprint density at radius 1 is 1.45 bits per heavy atom. The summed E-state index contributed by atoms with van der Waals surface area (Å²) in [4.78, 5) is 25.4. The second-order valence-corrected chi connectivity index (χ2v) is 5.10. The molecule has 0 aromatic carbocycles. The Bertz CT molecular complexity index is 737.